The zero-order valence-corrected chi connectivity index (χ0v) is 14.0. The molecule has 0 aliphatic carbocycles. The number of nitrogens with one attached hydrogen (secondary N) is 1. The van der Waals surface area contributed by atoms with Crippen LogP contribution in [0.25, 0.3) is 0 Å². The molecule has 1 atom stereocenters. The van der Waals surface area contributed by atoms with Crippen molar-refractivity contribution in [3.63, 3.8) is 0 Å². The molecule has 1 saturated heterocycles. The highest BCUT2D eigenvalue weighted by atomic mass is 16.3. The van der Waals surface area contributed by atoms with Gasteiger partial charge in [-0.05, 0) is 36.6 Å². The Morgan fingerprint density at radius 1 is 1.08 bits per heavy atom. The van der Waals surface area contributed by atoms with Crippen molar-refractivity contribution < 1.29 is 14.0 Å². The molecule has 2 amide bonds. The second-order valence-corrected chi connectivity index (χ2v) is 6.51. The highest BCUT2D eigenvalue weighted by Gasteiger charge is 2.32. The lowest BCUT2D eigenvalue weighted by atomic mass is 10.0. The predicted octanol–water partition coefficient (Wildman–Crippen LogP) is 1.99. The summed E-state index contributed by atoms with van der Waals surface area (Å²) in [5.41, 5.74) is 2.10. The van der Waals surface area contributed by atoms with Gasteiger partial charge in [-0.1, -0.05) is 18.2 Å². The van der Waals surface area contributed by atoms with E-state index in [0.29, 0.717) is 31.9 Å². The lowest BCUT2D eigenvalue weighted by Gasteiger charge is -2.37. The van der Waals surface area contributed by atoms with Gasteiger partial charge < -0.3 is 14.6 Å². The van der Waals surface area contributed by atoms with Gasteiger partial charge in [-0.2, -0.15) is 0 Å². The summed E-state index contributed by atoms with van der Waals surface area (Å²) in [5, 5.41) is 3.05. The Balaban J connectivity index is 1.39. The van der Waals surface area contributed by atoms with E-state index in [1.54, 1.807) is 17.0 Å². The van der Waals surface area contributed by atoms with Crippen LogP contribution >= 0.6 is 0 Å². The summed E-state index contributed by atoms with van der Waals surface area (Å²) >= 11 is 0. The van der Waals surface area contributed by atoms with Crippen molar-refractivity contribution in [2.24, 2.45) is 0 Å². The van der Waals surface area contributed by atoms with E-state index < -0.39 is 0 Å². The number of anilines is 1. The van der Waals surface area contributed by atoms with Crippen molar-refractivity contribution >= 4 is 17.5 Å². The number of hydrogen-bond donors (Lipinski definition) is 1. The third-order valence-corrected chi connectivity index (χ3v) is 5.04. The molecule has 4 rings (SSSR count). The van der Waals surface area contributed by atoms with E-state index in [9.17, 15) is 9.59 Å². The molecule has 3 heterocycles. The molecule has 1 fully saturated rings. The zero-order valence-electron chi connectivity index (χ0n) is 14.0. The minimum absolute atomic E-state index is 0.0516. The zero-order chi connectivity index (χ0) is 17.2. The Morgan fingerprint density at radius 3 is 2.64 bits per heavy atom. The van der Waals surface area contributed by atoms with Gasteiger partial charge in [0.15, 0.2) is 5.76 Å². The fourth-order valence-corrected chi connectivity index (χ4v) is 3.64. The highest BCUT2D eigenvalue weighted by Crippen LogP contribution is 2.24. The molecule has 0 radical (unpaired) electrons. The first kappa shape index (κ1) is 15.9. The predicted molar refractivity (Wildman–Crippen MR) is 93.4 cm³/mol. The van der Waals surface area contributed by atoms with Crippen LogP contribution in [0.1, 0.15) is 22.5 Å². The van der Waals surface area contributed by atoms with Gasteiger partial charge in [-0.3, -0.25) is 14.5 Å². The van der Waals surface area contributed by atoms with Gasteiger partial charge in [0.05, 0.1) is 12.3 Å². The highest BCUT2D eigenvalue weighted by molar-refractivity contribution is 5.96. The molecule has 2 aliphatic rings. The lowest BCUT2D eigenvalue weighted by molar-refractivity contribution is -0.122. The molecule has 2 aliphatic heterocycles. The fraction of sp³-hybridized carbons (Fsp3) is 0.368. The van der Waals surface area contributed by atoms with Crippen molar-refractivity contribution in [2.45, 2.75) is 18.9 Å². The van der Waals surface area contributed by atoms with Crippen LogP contribution in [0.3, 0.4) is 0 Å². The minimum atomic E-state index is -0.145. The average molecular weight is 339 g/mol. The van der Waals surface area contributed by atoms with Crippen LogP contribution in [-0.2, 0) is 11.2 Å². The SMILES string of the molecule is O=C1Nc2ccccc2CC[C@@H]1N1CCN(C(=O)c2ccco2)CC1. The molecule has 0 bridgehead atoms. The van der Waals surface area contributed by atoms with Crippen LogP contribution < -0.4 is 5.32 Å². The van der Waals surface area contributed by atoms with Crippen molar-refractivity contribution in [3.8, 4) is 0 Å². The molecule has 1 aromatic carbocycles. The van der Waals surface area contributed by atoms with E-state index in [4.69, 9.17) is 4.42 Å². The van der Waals surface area contributed by atoms with E-state index in [2.05, 4.69) is 16.3 Å². The van der Waals surface area contributed by atoms with Gasteiger partial charge in [-0.15, -0.1) is 0 Å². The second-order valence-electron chi connectivity index (χ2n) is 6.51. The number of fused-ring (bicyclic) bond motifs is 1. The largest absolute Gasteiger partial charge is 0.459 e. The van der Waals surface area contributed by atoms with E-state index >= 15 is 0 Å². The molecule has 130 valence electrons. The number of furan rings is 1. The Morgan fingerprint density at radius 2 is 1.88 bits per heavy atom. The number of para-hydroxylation sites is 1. The first-order valence-electron chi connectivity index (χ1n) is 8.68. The first-order chi connectivity index (χ1) is 12.2. The summed E-state index contributed by atoms with van der Waals surface area (Å²) in [7, 11) is 0. The number of carbonyl (C=O) groups is 2. The summed E-state index contributed by atoms with van der Waals surface area (Å²) in [6, 6.07) is 11.2. The Kier molecular flexibility index (Phi) is 4.28. The summed E-state index contributed by atoms with van der Waals surface area (Å²) in [6.07, 6.45) is 3.19. The summed E-state index contributed by atoms with van der Waals surface area (Å²) in [5.74, 6) is 0.342. The van der Waals surface area contributed by atoms with Crippen LogP contribution in [0, 0.1) is 0 Å². The number of carbonyl (C=O) groups excluding carboxylic acids is 2. The molecular formula is C19H21N3O3. The van der Waals surface area contributed by atoms with Gasteiger partial charge >= 0.3 is 0 Å². The maximum atomic E-state index is 12.6. The van der Waals surface area contributed by atoms with Crippen LogP contribution in [0.2, 0.25) is 0 Å². The Labute approximate surface area is 146 Å². The normalized spacial score (nSPS) is 21.4. The maximum Gasteiger partial charge on any atom is 0.289 e. The van der Waals surface area contributed by atoms with Crippen molar-refractivity contribution in [3.05, 3.63) is 54.0 Å². The molecule has 6 nitrogen and oxygen atoms in total. The van der Waals surface area contributed by atoms with Crippen molar-refractivity contribution in [2.75, 3.05) is 31.5 Å². The smallest absolute Gasteiger partial charge is 0.289 e. The van der Waals surface area contributed by atoms with E-state index in [1.807, 2.05) is 18.2 Å². The molecular weight excluding hydrogens is 318 g/mol. The second kappa shape index (κ2) is 6.72. The molecule has 25 heavy (non-hydrogen) atoms. The topological polar surface area (TPSA) is 65.8 Å². The number of nitrogens with zero attached hydrogens (tertiary/aromatic N) is 2. The molecule has 6 heteroatoms. The molecule has 1 N–H and O–H groups in total. The van der Waals surface area contributed by atoms with Gasteiger partial charge in [0.2, 0.25) is 5.91 Å². The fourth-order valence-electron chi connectivity index (χ4n) is 3.64. The lowest BCUT2D eigenvalue weighted by Crippen LogP contribution is -2.54. The average Bonchev–Trinajstić information content (AvgIpc) is 3.12. The number of rotatable bonds is 2. The Bertz CT molecular complexity index is 764. The van der Waals surface area contributed by atoms with Crippen LogP contribution in [0.4, 0.5) is 5.69 Å². The monoisotopic (exact) mass is 339 g/mol. The number of aryl methyl sites for hydroxylation is 1. The van der Waals surface area contributed by atoms with Crippen molar-refractivity contribution in [1.82, 2.24) is 9.80 Å². The number of benzene rings is 1. The quantitative estimate of drug-likeness (QED) is 0.909. The molecule has 0 saturated carbocycles. The van der Waals surface area contributed by atoms with Crippen LogP contribution in [-0.4, -0.2) is 53.8 Å². The van der Waals surface area contributed by atoms with E-state index in [1.165, 1.54) is 11.8 Å². The Hall–Kier alpha value is -2.60. The summed E-state index contributed by atoms with van der Waals surface area (Å²) < 4.78 is 5.19. The third-order valence-electron chi connectivity index (χ3n) is 5.04. The summed E-state index contributed by atoms with van der Waals surface area (Å²) in [4.78, 5) is 29.0. The number of amides is 2. The minimum Gasteiger partial charge on any atom is -0.459 e. The molecule has 0 unspecified atom stereocenters. The molecule has 2 aromatic rings. The summed E-state index contributed by atoms with van der Waals surface area (Å²) in [6.45, 7) is 2.61. The van der Waals surface area contributed by atoms with Gasteiger partial charge in [0.1, 0.15) is 0 Å². The maximum absolute atomic E-state index is 12.6. The van der Waals surface area contributed by atoms with E-state index in [-0.39, 0.29) is 17.9 Å². The van der Waals surface area contributed by atoms with Gasteiger partial charge in [-0.25, -0.2) is 0 Å². The van der Waals surface area contributed by atoms with Crippen molar-refractivity contribution in [1.29, 1.82) is 0 Å². The van der Waals surface area contributed by atoms with Gasteiger partial charge in [0.25, 0.3) is 5.91 Å². The molecule has 1 aromatic heterocycles. The molecule has 0 spiro atoms. The van der Waals surface area contributed by atoms with Crippen LogP contribution in [0.15, 0.2) is 47.1 Å². The third kappa shape index (κ3) is 3.17. The first-order valence-corrected chi connectivity index (χ1v) is 8.68. The van der Waals surface area contributed by atoms with Gasteiger partial charge in [0, 0.05) is 31.9 Å². The van der Waals surface area contributed by atoms with E-state index in [0.717, 1.165) is 18.5 Å². The standard InChI is InChI=1S/C19H21N3O3/c23-18-16(8-7-14-4-1-2-5-15(14)20-18)21-9-11-22(12-10-21)19(24)17-6-3-13-25-17/h1-6,13,16H,7-12H2,(H,20,23)/t16-/m0/s1. The number of hydrogen-bond acceptors (Lipinski definition) is 4. The van der Waals surface area contributed by atoms with Crippen LogP contribution in [0.5, 0.6) is 0 Å². The number of piperazine rings is 1.